The van der Waals surface area contributed by atoms with Crippen LogP contribution in [0, 0.1) is 6.92 Å². The van der Waals surface area contributed by atoms with E-state index in [1.54, 1.807) is 0 Å². The third-order valence-electron chi connectivity index (χ3n) is 3.72. The number of carboxylic acid groups (broad SMARTS) is 1. The van der Waals surface area contributed by atoms with Gasteiger partial charge in [-0.1, -0.05) is 11.6 Å². The molecule has 0 aliphatic heterocycles. The highest BCUT2D eigenvalue weighted by Crippen LogP contribution is 2.31. The van der Waals surface area contributed by atoms with Crippen LogP contribution in [0.15, 0.2) is 17.0 Å². The van der Waals surface area contributed by atoms with Gasteiger partial charge >= 0.3 is 5.97 Å². The maximum absolute atomic E-state index is 12.3. The van der Waals surface area contributed by atoms with Crippen LogP contribution >= 0.6 is 11.6 Å². The van der Waals surface area contributed by atoms with Crippen LogP contribution in [0.2, 0.25) is 5.02 Å². The van der Waals surface area contributed by atoms with E-state index in [1.165, 1.54) is 19.1 Å². The lowest BCUT2D eigenvalue weighted by Gasteiger charge is -2.36. The fourth-order valence-electron chi connectivity index (χ4n) is 2.22. The van der Waals surface area contributed by atoms with Crippen molar-refractivity contribution in [2.75, 3.05) is 6.54 Å². The molecule has 1 aliphatic carbocycles. The first-order valence-electron chi connectivity index (χ1n) is 6.40. The number of hydrogen-bond donors (Lipinski definition) is 3. The second kappa shape index (κ2) is 5.57. The maximum atomic E-state index is 12.3. The zero-order valence-corrected chi connectivity index (χ0v) is 13.0. The van der Waals surface area contributed by atoms with Crippen LogP contribution in [0.5, 0.6) is 0 Å². The predicted octanol–water partition coefficient (Wildman–Crippen LogP) is 1.54. The third-order valence-corrected chi connectivity index (χ3v) is 5.47. The minimum Gasteiger partial charge on any atom is -0.478 e. The molecule has 1 fully saturated rings. The van der Waals surface area contributed by atoms with E-state index >= 15 is 0 Å². The van der Waals surface area contributed by atoms with Crippen LogP contribution in [0.1, 0.15) is 35.2 Å². The number of carbonyl (C=O) groups is 1. The van der Waals surface area contributed by atoms with Gasteiger partial charge in [-0.2, -0.15) is 0 Å². The summed E-state index contributed by atoms with van der Waals surface area (Å²) in [5, 5.41) is 19.0. The van der Waals surface area contributed by atoms with Crippen LogP contribution < -0.4 is 4.72 Å². The number of rotatable bonds is 5. The Balaban J connectivity index is 2.33. The smallest absolute Gasteiger partial charge is 0.336 e. The van der Waals surface area contributed by atoms with Crippen molar-refractivity contribution in [1.29, 1.82) is 0 Å². The van der Waals surface area contributed by atoms with Gasteiger partial charge < -0.3 is 10.2 Å². The van der Waals surface area contributed by atoms with Crippen LogP contribution in [0.3, 0.4) is 0 Å². The van der Waals surface area contributed by atoms with Crippen molar-refractivity contribution in [2.45, 2.75) is 36.7 Å². The maximum Gasteiger partial charge on any atom is 0.336 e. The monoisotopic (exact) mass is 333 g/mol. The summed E-state index contributed by atoms with van der Waals surface area (Å²) in [6.45, 7) is 1.32. The first kappa shape index (κ1) is 16.2. The highest BCUT2D eigenvalue weighted by Gasteiger charge is 2.36. The number of sulfonamides is 1. The van der Waals surface area contributed by atoms with Gasteiger partial charge in [0.2, 0.25) is 10.0 Å². The van der Waals surface area contributed by atoms with Crippen molar-refractivity contribution < 1.29 is 23.4 Å². The molecule has 1 aromatic rings. The fourth-order valence-corrected chi connectivity index (χ4v) is 3.92. The Morgan fingerprint density at radius 2 is 2.05 bits per heavy atom. The Morgan fingerprint density at radius 1 is 1.43 bits per heavy atom. The molecule has 3 N–H and O–H groups in total. The van der Waals surface area contributed by atoms with Gasteiger partial charge in [0.25, 0.3) is 0 Å². The van der Waals surface area contributed by atoms with Crippen molar-refractivity contribution in [2.24, 2.45) is 0 Å². The molecule has 0 radical (unpaired) electrons. The Kier molecular flexibility index (Phi) is 4.30. The zero-order chi connectivity index (χ0) is 15.8. The number of hydrogen-bond acceptors (Lipinski definition) is 4. The lowest BCUT2D eigenvalue weighted by molar-refractivity contribution is -0.0271. The van der Waals surface area contributed by atoms with Gasteiger partial charge in [0.05, 0.1) is 16.1 Å². The largest absolute Gasteiger partial charge is 0.478 e. The summed E-state index contributed by atoms with van der Waals surface area (Å²) in [5.74, 6) is -1.25. The third kappa shape index (κ3) is 3.37. The molecule has 2 rings (SSSR count). The number of benzene rings is 1. The molecule has 0 spiro atoms. The standard InChI is InChI=1S/C13H16ClNO5S/c1-8-10(12(16)17)5-9(14)6-11(8)21(19,20)15-7-13(18)3-2-4-13/h5-6,15,18H,2-4,7H2,1H3,(H,16,17). The average molecular weight is 334 g/mol. The van der Waals surface area contributed by atoms with Gasteiger partial charge in [-0.05, 0) is 43.9 Å². The SMILES string of the molecule is Cc1c(C(=O)O)cc(Cl)cc1S(=O)(=O)NCC1(O)CCC1. The summed E-state index contributed by atoms with van der Waals surface area (Å²) in [6.07, 6.45) is 1.95. The van der Waals surface area contributed by atoms with Gasteiger partial charge in [0.1, 0.15) is 0 Å². The normalized spacial score (nSPS) is 17.3. The molecule has 21 heavy (non-hydrogen) atoms. The summed E-state index contributed by atoms with van der Waals surface area (Å²) in [5.41, 5.74) is -1.06. The van der Waals surface area contributed by atoms with E-state index in [4.69, 9.17) is 16.7 Å². The molecular formula is C13H16ClNO5S. The summed E-state index contributed by atoms with van der Waals surface area (Å²) in [7, 11) is -3.94. The van der Waals surface area contributed by atoms with E-state index in [2.05, 4.69) is 4.72 Å². The van der Waals surface area contributed by atoms with Gasteiger partial charge in [-0.25, -0.2) is 17.9 Å². The van der Waals surface area contributed by atoms with Crippen LogP contribution in [-0.4, -0.2) is 36.7 Å². The van der Waals surface area contributed by atoms with Gasteiger partial charge in [-0.3, -0.25) is 0 Å². The summed E-state index contributed by atoms with van der Waals surface area (Å²) in [4.78, 5) is 10.9. The lowest BCUT2D eigenvalue weighted by atomic mass is 9.81. The highest BCUT2D eigenvalue weighted by molar-refractivity contribution is 7.89. The summed E-state index contributed by atoms with van der Waals surface area (Å²) >= 11 is 5.80. The van der Waals surface area contributed by atoms with Crippen LogP contribution in [0.25, 0.3) is 0 Å². The van der Waals surface area contributed by atoms with Crippen molar-refractivity contribution in [3.05, 3.63) is 28.3 Å². The van der Waals surface area contributed by atoms with Crippen molar-refractivity contribution in [3.63, 3.8) is 0 Å². The van der Waals surface area contributed by atoms with Crippen molar-refractivity contribution in [3.8, 4) is 0 Å². The molecule has 0 atom stereocenters. The molecule has 1 aromatic carbocycles. The number of carboxylic acids is 1. The first-order chi connectivity index (χ1) is 9.65. The van der Waals surface area contributed by atoms with E-state index in [-0.39, 0.29) is 27.6 Å². The molecule has 1 aliphatic rings. The second-order valence-electron chi connectivity index (χ2n) is 5.28. The fraction of sp³-hybridized carbons (Fsp3) is 0.462. The summed E-state index contributed by atoms with van der Waals surface area (Å²) in [6, 6.07) is 2.41. The number of aromatic carboxylic acids is 1. The molecule has 8 heteroatoms. The Labute approximate surface area is 127 Å². The van der Waals surface area contributed by atoms with E-state index in [9.17, 15) is 18.3 Å². The number of halogens is 1. The predicted molar refractivity (Wildman–Crippen MR) is 77.1 cm³/mol. The minimum atomic E-state index is -3.94. The topological polar surface area (TPSA) is 104 Å². The first-order valence-corrected chi connectivity index (χ1v) is 8.26. The molecule has 0 unspecified atom stereocenters. The molecule has 0 aromatic heterocycles. The van der Waals surface area contributed by atoms with E-state index in [0.717, 1.165) is 6.42 Å². The van der Waals surface area contributed by atoms with E-state index in [1.807, 2.05) is 0 Å². The van der Waals surface area contributed by atoms with Gasteiger partial charge in [0, 0.05) is 11.6 Å². The Morgan fingerprint density at radius 3 is 2.52 bits per heavy atom. The quantitative estimate of drug-likeness (QED) is 0.758. The molecule has 6 nitrogen and oxygen atoms in total. The Hall–Kier alpha value is -1.15. The molecule has 0 heterocycles. The highest BCUT2D eigenvalue weighted by atomic mass is 35.5. The summed E-state index contributed by atoms with van der Waals surface area (Å²) < 4.78 is 26.9. The van der Waals surface area contributed by atoms with Crippen LogP contribution in [0.4, 0.5) is 0 Å². The lowest BCUT2D eigenvalue weighted by Crippen LogP contribution is -2.47. The molecular weight excluding hydrogens is 318 g/mol. The average Bonchev–Trinajstić information content (AvgIpc) is 2.36. The minimum absolute atomic E-state index is 0.0285. The van der Waals surface area contributed by atoms with E-state index < -0.39 is 21.6 Å². The van der Waals surface area contributed by atoms with Crippen molar-refractivity contribution >= 4 is 27.6 Å². The molecule has 116 valence electrons. The van der Waals surface area contributed by atoms with Gasteiger partial charge in [-0.15, -0.1) is 0 Å². The number of nitrogens with one attached hydrogen (secondary N) is 1. The Bertz CT molecular complexity index is 682. The second-order valence-corrected chi connectivity index (χ2v) is 7.46. The molecule has 1 saturated carbocycles. The van der Waals surface area contributed by atoms with E-state index in [0.29, 0.717) is 12.8 Å². The molecule has 0 bridgehead atoms. The van der Waals surface area contributed by atoms with Crippen LogP contribution in [-0.2, 0) is 10.0 Å². The van der Waals surface area contributed by atoms with Crippen molar-refractivity contribution in [1.82, 2.24) is 4.72 Å². The molecule has 0 saturated heterocycles. The number of aliphatic hydroxyl groups is 1. The zero-order valence-electron chi connectivity index (χ0n) is 11.4. The molecule has 0 amide bonds. The van der Waals surface area contributed by atoms with Gasteiger partial charge in [0.15, 0.2) is 0 Å².